The smallest absolute Gasteiger partial charge is 0.358 e. The lowest BCUT2D eigenvalue weighted by molar-refractivity contribution is 0.0593. The van der Waals surface area contributed by atoms with Crippen molar-refractivity contribution in [2.45, 2.75) is 38.7 Å². The molecule has 0 amide bonds. The van der Waals surface area contributed by atoms with Gasteiger partial charge in [-0.2, -0.15) is 5.10 Å². The fourth-order valence-electron chi connectivity index (χ4n) is 5.59. The van der Waals surface area contributed by atoms with E-state index in [1.54, 1.807) is 4.68 Å². The zero-order valence-corrected chi connectivity index (χ0v) is 24.8. The van der Waals surface area contributed by atoms with Crippen LogP contribution in [0, 0.1) is 0 Å². The van der Waals surface area contributed by atoms with Crippen molar-refractivity contribution in [3.05, 3.63) is 120 Å². The standard InChI is InChI=1S/C34H36N2O3Si/c1-34(2,3)40(28-15-8-6-9-16-28,29-17-10-7-11-18-29)39-32-23-25(22-26-14-12-13-19-30(26)32)20-21-27-24-31(33(37)38-5)35-36(27)4/h6-19,22-24H,20-21H2,1-5H3. The number of benzene rings is 4. The minimum Gasteiger partial charge on any atom is -0.534 e. The van der Waals surface area contributed by atoms with Crippen molar-refractivity contribution in [3.8, 4) is 5.75 Å². The third-order valence-corrected chi connectivity index (χ3v) is 12.5. The summed E-state index contributed by atoms with van der Waals surface area (Å²) in [7, 11) is 0.430. The van der Waals surface area contributed by atoms with Crippen LogP contribution in [-0.4, -0.2) is 31.2 Å². The molecule has 0 spiro atoms. The predicted molar refractivity (Wildman–Crippen MR) is 164 cm³/mol. The molecule has 40 heavy (non-hydrogen) atoms. The number of carbonyl (C=O) groups is 1. The summed E-state index contributed by atoms with van der Waals surface area (Å²) in [4.78, 5) is 12.0. The Morgan fingerprint density at radius 2 is 1.43 bits per heavy atom. The van der Waals surface area contributed by atoms with Gasteiger partial charge in [-0.25, -0.2) is 4.79 Å². The van der Waals surface area contributed by atoms with Gasteiger partial charge in [-0.15, -0.1) is 0 Å². The Balaban J connectivity index is 1.61. The van der Waals surface area contributed by atoms with E-state index in [4.69, 9.17) is 9.16 Å². The van der Waals surface area contributed by atoms with Gasteiger partial charge in [0.05, 0.1) is 7.11 Å². The first kappa shape index (κ1) is 27.4. The molecule has 0 N–H and O–H groups in total. The Kier molecular flexibility index (Phi) is 7.63. The van der Waals surface area contributed by atoms with E-state index >= 15 is 0 Å². The summed E-state index contributed by atoms with van der Waals surface area (Å²) >= 11 is 0. The quantitative estimate of drug-likeness (QED) is 0.174. The third-order valence-electron chi connectivity index (χ3n) is 7.60. The number of methoxy groups -OCH3 is 1. The number of ether oxygens (including phenoxy) is 1. The molecule has 0 atom stereocenters. The molecule has 0 aliphatic rings. The molecular weight excluding hydrogens is 512 g/mol. The molecular formula is C34H36N2O3Si. The molecule has 0 fully saturated rings. The van der Waals surface area contributed by atoms with Crippen LogP contribution in [0.4, 0.5) is 0 Å². The first-order valence-corrected chi connectivity index (χ1v) is 15.6. The molecule has 0 unspecified atom stereocenters. The highest BCUT2D eigenvalue weighted by molar-refractivity contribution is 7.00. The summed E-state index contributed by atoms with van der Waals surface area (Å²) in [5.41, 5.74) is 2.48. The van der Waals surface area contributed by atoms with Crippen LogP contribution in [-0.2, 0) is 24.6 Å². The highest BCUT2D eigenvalue weighted by Crippen LogP contribution is 2.40. The average molecular weight is 549 g/mol. The molecule has 5 rings (SSSR count). The van der Waals surface area contributed by atoms with Gasteiger partial charge in [-0.1, -0.05) is 112 Å². The van der Waals surface area contributed by atoms with Crippen molar-refractivity contribution in [2.75, 3.05) is 7.11 Å². The van der Waals surface area contributed by atoms with Crippen molar-refractivity contribution in [1.82, 2.24) is 9.78 Å². The molecule has 5 aromatic rings. The second kappa shape index (κ2) is 11.1. The van der Waals surface area contributed by atoms with Crippen molar-refractivity contribution in [3.63, 3.8) is 0 Å². The van der Waals surface area contributed by atoms with E-state index in [0.717, 1.165) is 35.1 Å². The van der Waals surface area contributed by atoms with Gasteiger partial charge in [0.1, 0.15) is 5.75 Å². The van der Waals surface area contributed by atoms with Crippen LogP contribution in [0.25, 0.3) is 10.8 Å². The molecule has 0 aliphatic carbocycles. The van der Waals surface area contributed by atoms with E-state index < -0.39 is 14.3 Å². The zero-order valence-electron chi connectivity index (χ0n) is 23.8. The Labute approximate surface area is 237 Å². The minimum absolute atomic E-state index is 0.147. The van der Waals surface area contributed by atoms with Crippen molar-refractivity contribution in [1.29, 1.82) is 0 Å². The first-order chi connectivity index (χ1) is 19.2. The van der Waals surface area contributed by atoms with E-state index in [-0.39, 0.29) is 5.04 Å². The number of aryl methyl sites for hydroxylation is 3. The van der Waals surface area contributed by atoms with Crippen LogP contribution in [0.15, 0.2) is 103 Å². The number of aromatic nitrogens is 2. The molecule has 6 heteroatoms. The van der Waals surface area contributed by atoms with Gasteiger partial charge in [0.25, 0.3) is 0 Å². The van der Waals surface area contributed by atoms with Crippen molar-refractivity contribution in [2.24, 2.45) is 7.05 Å². The largest absolute Gasteiger partial charge is 0.534 e. The Morgan fingerprint density at radius 3 is 2.02 bits per heavy atom. The summed E-state index contributed by atoms with van der Waals surface area (Å²) in [5, 5.41) is 8.92. The number of rotatable bonds is 8. The van der Waals surface area contributed by atoms with E-state index in [1.165, 1.54) is 23.0 Å². The highest BCUT2D eigenvalue weighted by Gasteiger charge is 2.52. The second-order valence-corrected chi connectivity index (χ2v) is 15.4. The average Bonchev–Trinajstić information content (AvgIpc) is 3.34. The molecule has 0 saturated heterocycles. The van der Waals surface area contributed by atoms with Crippen molar-refractivity contribution < 1.29 is 14.0 Å². The molecule has 0 radical (unpaired) electrons. The fraction of sp³-hybridized carbons (Fsp3) is 0.235. The van der Waals surface area contributed by atoms with Gasteiger partial charge in [0.15, 0.2) is 5.69 Å². The summed E-state index contributed by atoms with van der Waals surface area (Å²) in [6.45, 7) is 6.89. The summed E-state index contributed by atoms with van der Waals surface area (Å²) in [6, 6.07) is 36.2. The molecule has 1 aromatic heterocycles. The lowest BCUT2D eigenvalue weighted by atomic mass is 10.0. The number of esters is 1. The zero-order chi connectivity index (χ0) is 28.3. The van der Waals surface area contributed by atoms with Crippen LogP contribution in [0.5, 0.6) is 5.75 Å². The van der Waals surface area contributed by atoms with Crippen molar-refractivity contribution >= 4 is 35.4 Å². The highest BCUT2D eigenvalue weighted by atomic mass is 28.4. The fourth-order valence-corrected chi connectivity index (χ4v) is 10.0. The van der Waals surface area contributed by atoms with Gasteiger partial charge in [0, 0.05) is 18.1 Å². The molecule has 5 nitrogen and oxygen atoms in total. The number of fused-ring (bicyclic) bond motifs is 1. The maximum atomic E-state index is 12.0. The number of hydrogen-bond donors (Lipinski definition) is 0. The molecule has 4 aromatic carbocycles. The second-order valence-electron chi connectivity index (χ2n) is 11.2. The first-order valence-electron chi connectivity index (χ1n) is 13.7. The monoisotopic (exact) mass is 548 g/mol. The maximum Gasteiger partial charge on any atom is 0.358 e. The third kappa shape index (κ3) is 5.19. The number of carbonyl (C=O) groups excluding carboxylic acids is 1. The lowest BCUT2D eigenvalue weighted by Gasteiger charge is -2.43. The SMILES string of the molecule is COC(=O)c1cc(CCc2cc(O[Si](c3ccccc3)(c3ccccc3)C(C)(C)C)c3ccccc3c2)n(C)n1. The molecule has 1 heterocycles. The Hall–Kier alpha value is -4.16. The van der Waals surface area contributed by atoms with Crippen LogP contribution in [0.2, 0.25) is 5.04 Å². The van der Waals surface area contributed by atoms with Crippen LogP contribution < -0.4 is 14.8 Å². The number of hydrogen-bond acceptors (Lipinski definition) is 4. The van der Waals surface area contributed by atoms with Crippen LogP contribution in [0.3, 0.4) is 0 Å². The van der Waals surface area contributed by atoms with E-state index in [2.05, 4.69) is 123 Å². The van der Waals surface area contributed by atoms with Crippen LogP contribution >= 0.6 is 0 Å². The van der Waals surface area contributed by atoms with Crippen LogP contribution in [0.1, 0.15) is 42.5 Å². The van der Waals surface area contributed by atoms with E-state index in [0.29, 0.717) is 5.69 Å². The Morgan fingerprint density at radius 1 is 0.825 bits per heavy atom. The Bertz CT molecular complexity index is 1580. The van der Waals surface area contributed by atoms with E-state index in [1.807, 2.05) is 13.1 Å². The molecule has 204 valence electrons. The van der Waals surface area contributed by atoms with Gasteiger partial charge in [-0.05, 0) is 51.3 Å². The minimum atomic E-state index is -2.81. The topological polar surface area (TPSA) is 53.4 Å². The van der Waals surface area contributed by atoms with Gasteiger partial charge in [-0.3, -0.25) is 4.68 Å². The number of nitrogens with zero attached hydrogens (tertiary/aromatic N) is 2. The van der Waals surface area contributed by atoms with Gasteiger partial charge < -0.3 is 9.16 Å². The summed E-state index contributed by atoms with van der Waals surface area (Å²) in [5.74, 6) is 0.483. The van der Waals surface area contributed by atoms with Gasteiger partial charge >= 0.3 is 14.3 Å². The molecule has 0 aliphatic heterocycles. The van der Waals surface area contributed by atoms with Gasteiger partial charge in [0.2, 0.25) is 0 Å². The van der Waals surface area contributed by atoms with E-state index in [9.17, 15) is 4.79 Å². The summed E-state index contributed by atoms with van der Waals surface area (Å²) < 4.78 is 14.1. The predicted octanol–water partition coefficient (Wildman–Crippen LogP) is 6.08. The maximum absolute atomic E-state index is 12.0. The lowest BCUT2D eigenvalue weighted by Crippen LogP contribution is -2.68. The molecule has 0 saturated carbocycles. The normalized spacial score (nSPS) is 11.9. The molecule has 0 bridgehead atoms. The summed E-state index contributed by atoms with van der Waals surface area (Å²) in [6.07, 6.45) is 1.51.